The zero-order valence-corrected chi connectivity index (χ0v) is 26.9. The highest BCUT2D eigenvalue weighted by molar-refractivity contribution is 5.85. The molecule has 0 aromatic heterocycles. The molecule has 0 nitrogen and oxygen atoms in total. The second-order valence-electron chi connectivity index (χ2n) is 12.1. The number of rotatable bonds is 9. The Morgan fingerprint density at radius 1 is 0.229 bits per heavy atom. The number of hydrogen-bond donors (Lipinski definition) is 0. The summed E-state index contributed by atoms with van der Waals surface area (Å²) >= 11 is 0. The minimum Gasteiger partial charge on any atom is -0.0906 e. The molecule has 0 aliphatic rings. The lowest BCUT2D eigenvalue weighted by atomic mass is 9.90. The van der Waals surface area contributed by atoms with Crippen LogP contribution in [0.4, 0.5) is 0 Å². The third-order valence-corrected chi connectivity index (χ3v) is 9.00. The van der Waals surface area contributed by atoms with Crippen LogP contribution >= 0.6 is 0 Å². The molecule has 0 saturated carbocycles. The Hall–Kier alpha value is -6.24. The van der Waals surface area contributed by atoms with Crippen molar-refractivity contribution >= 4 is 16.7 Å². The van der Waals surface area contributed by atoms with Crippen LogP contribution in [0.25, 0.3) is 50.1 Å². The van der Waals surface area contributed by atoms with E-state index in [-0.39, 0.29) is 0 Å². The van der Waals surface area contributed by atoms with Crippen molar-refractivity contribution in [2.45, 2.75) is 0 Å². The Bertz CT molecular complexity index is 1930. The van der Waals surface area contributed by atoms with Gasteiger partial charge in [-0.25, -0.2) is 0 Å². The lowest BCUT2D eigenvalue weighted by molar-refractivity contribution is 1.52. The Morgan fingerprint density at radius 3 is 0.667 bits per heavy atom. The van der Waals surface area contributed by atoms with E-state index in [1.807, 2.05) is 18.2 Å². The van der Waals surface area contributed by atoms with E-state index in [4.69, 9.17) is 0 Å². The molecule has 0 radical (unpaired) electrons. The van der Waals surface area contributed by atoms with Gasteiger partial charge in [-0.05, 0) is 102 Å². The van der Waals surface area contributed by atoms with Crippen LogP contribution in [0.15, 0.2) is 202 Å². The maximum absolute atomic E-state index is 4.37. The van der Waals surface area contributed by atoms with Gasteiger partial charge in [0.05, 0.1) is 0 Å². The Morgan fingerprint density at radius 2 is 0.438 bits per heavy atom. The molecular weight excluding hydrogens is 577 g/mol. The molecule has 0 N–H and O–H groups in total. The molecule has 7 rings (SSSR count). The van der Waals surface area contributed by atoms with Crippen molar-refractivity contribution in [2.24, 2.45) is 0 Å². The summed E-state index contributed by atoms with van der Waals surface area (Å²) in [7, 11) is 0. The zero-order chi connectivity index (χ0) is 32.9. The van der Waals surface area contributed by atoms with Crippen molar-refractivity contribution in [3.8, 4) is 33.4 Å². The minimum atomic E-state index is 1.02. The van der Waals surface area contributed by atoms with Crippen molar-refractivity contribution in [3.63, 3.8) is 0 Å². The lowest BCUT2D eigenvalue weighted by Gasteiger charge is -2.14. The van der Waals surface area contributed by atoms with Crippen molar-refractivity contribution < 1.29 is 0 Å². The largest absolute Gasteiger partial charge is 0.0906 e. The van der Waals surface area contributed by atoms with E-state index in [0.29, 0.717) is 0 Å². The van der Waals surface area contributed by atoms with E-state index in [1.54, 1.807) is 0 Å². The van der Waals surface area contributed by atoms with Crippen LogP contribution < -0.4 is 0 Å². The van der Waals surface area contributed by atoms with Crippen LogP contribution in [0.3, 0.4) is 0 Å². The average molecular weight is 613 g/mol. The van der Waals surface area contributed by atoms with Gasteiger partial charge in [0.15, 0.2) is 0 Å². The van der Waals surface area contributed by atoms with Gasteiger partial charge in [0.2, 0.25) is 0 Å². The van der Waals surface area contributed by atoms with Gasteiger partial charge in [0.25, 0.3) is 0 Å². The first kappa shape index (κ1) is 30.4. The molecule has 0 spiro atoms. The van der Waals surface area contributed by atoms with Crippen LogP contribution in [0, 0.1) is 0 Å². The van der Waals surface area contributed by atoms with E-state index < -0.39 is 0 Å². The summed E-state index contributed by atoms with van der Waals surface area (Å²) in [6, 6.07) is 64.1. The molecule has 0 bridgehead atoms. The molecule has 0 saturated heterocycles. The van der Waals surface area contributed by atoms with E-state index in [1.165, 1.54) is 0 Å². The zero-order valence-electron chi connectivity index (χ0n) is 26.9. The minimum absolute atomic E-state index is 1.02. The summed E-state index contributed by atoms with van der Waals surface area (Å²) in [5.41, 5.74) is 16.8. The molecule has 0 unspecified atom stereocenters. The van der Waals surface area contributed by atoms with Crippen molar-refractivity contribution in [3.05, 3.63) is 235 Å². The van der Waals surface area contributed by atoms with Crippen LogP contribution in [0.1, 0.15) is 33.4 Å². The third kappa shape index (κ3) is 6.51. The summed E-state index contributed by atoms with van der Waals surface area (Å²) in [5.74, 6) is 0. The Balaban J connectivity index is 1.25. The number of hydrogen-bond acceptors (Lipinski definition) is 0. The fourth-order valence-electron chi connectivity index (χ4n) is 6.14. The summed E-state index contributed by atoms with van der Waals surface area (Å²) in [6.07, 6.45) is 0. The smallest absolute Gasteiger partial charge is 0.0172 e. The summed E-state index contributed by atoms with van der Waals surface area (Å²) < 4.78 is 0. The van der Waals surface area contributed by atoms with Gasteiger partial charge in [0, 0.05) is 0 Å². The summed E-state index contributed by atoms with van der Waals surface area (Å²) in [4.78, 5) is 0. The van der Waals surface area contributed by atoms with Gasteiger partial charge in [-0.3, -0.25) is 0 Å². The van der Waals surface area contributed by atoms with Crippen molar-refractivity contribution in [2.75, 3.05) is 0 Å². The molecule has 0 heterocycles. The van der Waals surface area contributed by atoms with Crippen LogP contribution in [0.5, 0.6) is 0 Å². The van der Waals surface area contributed by atoms with E-state index in [9.17, 15) is 0 Å². The standard InChI is InChI=1S/C48H36/c1-34(37-13-7-4-8-14-37)40-19-25-43(26-20-40)46-31-47(44-27-21-41(22-28-44)35(2)38-15-9-5-10-16-38)33-48(32-46)45-29-23-42(24-30-45)36(3)39-17-11-6-12-18-39/h4-33H,1-3H2. The third-order valence-electron chi connectivity index (χ3n) is 9.00. The molecule has 0 aliphatic heterocycles. The lowest BCUT2D eigenvalue weighted by Crippen LogP contribution is -1.90. The maximum atomic E-state index is 4.37. The second-order valence-corrected chi connectivity index (χ2v) is 12.1. The highest BCUT2D eigenvalue weighted by Crippen LogP contribution is 2.35. The van der Waals surface area contributed by atoms with Crippen LogP contribution in [0.2, 0.25) is 0 Å². The fraction of sp³-hybridized carbons (Fsp3) is 0. The van der Waals surface area contributed by atoms with Gasteiger partial charge in [-0.15, -0.1) is 0 Å². The first-order valence-electron chi connectivity index (χ1n) is 16.2. The van der Waals surface area contributed by atoms with Gasteiger partial charge < -0.3 is 0 Å². The normalized spacial score (nSPS) is 10.8. The molecule has 0 fully saturated rings. The molecular formula is C48H36. The molecule has 7 aromatic rings. The fourth-order valence-corrected chi connectivity index (χ4v) is 6.14. The molecule has 48 heavy (non-hydrogen) atoms. The average Bonchev–Trinajstić information content (AvgIpc) is 3.18. The SMILES string of the molecule is C=C(c1ccccc1)c1ccc(-c2cc(-c3ccc(C(=C)c4ccccc4)cc3)cc(-c3ccc(C(=C)c4ccccc4)cc3)c2)cc1. The van der Waals surface area contributed by atoms with Gasteiger partial charge in [-0.1, -0.05) is 184 Å². The second kappa shape index (κ2) is 13.6. The van der Waals surface area contributed by atoms with E-state index >= 15 is 0 Å². The summed E-state index contributed by atoms with van der Waals surface area (Å²) in [6.45, 7) is 13.1. The molecule has 0 heteroatoms. The van der Waals surface area contributed by atoms with Gasteiger partial charge >= 0.3 is 0 Å². The molecule has 0 amide bonds. The first-order valence-corrected chi connectivity index (χ1v) is 16.2. The predicted molar refractivity (Wildman–Crippen MR) is 206 cm³/mol. The van der Waals surface area contributed by atoms with Gasteiger partial charge in [0.1, 0.15) is 0 Å². The van der Waals surface area contributed by atoms with Crippen molar-refractivity contribution in [1.29, 1.82) is 0 Å². The molecule has 228 valence electrons. The predicted octanol–water partition coefficient (Wildman–Crippen LogP) is 12.9. The van der Waals surface area contributed by atoms with E-state index in [2.05, 4.69) is 184 Å². The molecule has 0 atom stereocenters. The summed E-state index contributed by atoms with van der Waals surface area (Å²) in [5, 5.41) is 0. The monoisotopic (exact) mass is 612 g/mol. The van der Waals surface area contributed by atoms with Crippen LogP contribution in [-0.2, 0) is 0 Å². The van der Waals surface area contributed by atoms with Crippen LogP contribution in [-0.4, -0.2) is 0 Å². The quantitative estimate of drug-likeness (QED) is 0.152. The van der Waals surface area contributed by atoms with Gasteiger partial charge in [-0.2, -0.15) is 0 Å². The molecule has 0 aliphatic carbocycles. The van der Waals surface area contributed by atoms with Crippen molar-refractivity contribution in [1.82, 2.24) is 0 Å². The topological polar surface area (TPSA) is 0 Å². The number of benzene rings is 7. The Labute approximate surface area is 284 Å². The maximum Gasteiger partial charge on any atom is -0.0172 e. The van der Waals surface area contributed by atoms with E-state index in [0.717, 1.165) is 83.5 Å². The Kier molecular flexibility index (Phi) is 8.64. The highest BCUT2D eigenvalue weighted by Gasteiger charge is 2.11. The highest BCUT2D eigenvalue weighted by atomic mass is 14.2. The first-order chi connectivity index (χ1) is 23.5. The molecule has 7 aromatic carbocycles.